The molecule has 1 aromatic heterocycles. The largest absolute Gasteiger partial charge is 0.437 e. The van der Waals surface area contributed by atoms with Crippen molar-refractivity contribution in [1.29, 1.82) is 0 Å². The second-order valence-electron chi connectivity index (χ2n) is 7.42. The number of aromatic nitrogens is 2. The van der Waals surface area contributed by atoms with Crippen molar-refractivity contribution in [2.45, 2.75) is 37.8 Å². The second kappa shape index (κ2) is 8.97. The molecule has 0 unspecified atom stereocenters. The Labute approximate surface area is 187 Å². The number of benzene rings is 2. The number of hydrogen-bond donors (Lipinski definition) is 0. The van der Waals surface area contributed by atoms with Crippen LogP contribution < -0.4 is 4.84 Å². The van der Waals surface area contributed by atoms with E-state index in [0.29, 0.717) is 6.42 Å². The van der Waals surface area contributed by atoms with Gasteiger partial charge in [-0.3, -0.25) is 0 Å². The van der Waals surface area contributed by atoms with Crippen LogP contribution in [0, 0.1) is 12.7 Å². The van der Waals surface area contributed by atoms with Gasteiger partial charge in [0.05, 0.1) is 4.90 Å². The first-order valence-electron chi connectivity index (χ1n) is 9.81. The molecule has 0 aliphatic heterocycles. The van der Waals surface area contributed by atoms with Crippen LogP contribution in [0.2, 0.25) is 0 Å². The second-order valence-corrected chi connectivity index (χ2v) is 9.43. The van der Waals surface area contributed by atoms with Gasteiger partial charge in [0.15, 0.2) is 15.5 Å². The first kappa shape index (κ1) is 24.4. The van der Waals surface area contributed by atoms with Crippen molar-refractivity contribution >= 4 is 15.8 Å². The van der Waals surface area contributed by atoms with Gasteiger partial charge in [0.25, 0.3) is 0 Å². The number of halogens is 4. The molecule has 0 aliphatic carbocycles. The summed E-state index contributed by atoms with van der Waals surface area (Å²) in [6.07, 6.45) is -3.81. The minimum atomic E-state index is -5.01. The van der Waals surface area contributed by atoms with Gasteiger partial charge in [-0.05, 0) is 42.7 Å². The Kier molecular flexibility index (Phi) is 6.64. The molecule has 3 rings (SSSR count). The SMILES string of the molecule is CCCC(=O)On1nc(-c2ccc(S(C)(=O)=O)cc2)c(-c2ccc(C)c(F)c2)c1C(F)(F)F. The molecule has 1 heterocycles. The summed E-state index contributed by atoms with van der Waals surface area (Å²) in [5, 5.41) is 3.87. The molecular formula is C22H20F4N2O4S. The van der Waals surface area contributed by atoms with Crippen LogP contribution >= 0.6 is 0 Å². The number of carbonyl (C=O) groups excluding carboxylic acids is 1. The highest BCUT2D eigenvalue weighted by Crippen LogP contribution is 2.42. The molecule has 3 aromatic rings. The summed E-state index contributed by atoms with van der Waals surface area (Å²) in [5.74, 6) is -1.65. The average molecular weight is 484 g/mol. The molecule has 0 spiro atoms. The minimum Gasteiger partial charge on any atom is -0.319 e. The topological polar surface area (TPSA) is 78.3 Å². The van der Waals surface area contributed by atoms with Crippen molar-refractivity contribution < 1.29 is 35.6 Å². The van der Waals surface area contributed by atoms with Crippen molar-refractivity contribution in [2.24, 2.45) is 0 Å². The Morgan fingerprint density at radius 2 is 1.70 bits per heavy atom. The zero-order valence-electron chi connectivity index (χ0n) is 17.9. The van der Waals surface area contributed by atoms with Gasteiger partial charge in [0, 0.05) is 23.8 Å². The van der Waals surface area contributed by atoms with Crippen LogP contribution in [0.4, 0.5) is 17.6 Å². The number of sulfone groups is 1. The van der Waals surface area contributed by atoms with Crippen molar-refractivity contribution in [2.75, 3.05) is 6.26 Å². The molecule has 2 aromatic carbocycles. The Bertz CT molecular complexity index is 1300. The fourth-order valence-electron chi connectivity index (χ4n) is 3.14. The summed E-state index contributed by atoms with van der Waals surface area (Å²) in [5.41, 5.74) is -1.93. The molecule has 0 amide bonds. The molecule has 0 saturated heterocycles. The Balaban J connectivity index is 2.32. The summed E-state index contributed by atoms with van der Waals surface area (Å²) in [7, 11) is -3.55. The van der Waals surface area contributed by atoms with Gasteiger partial charge >= 0.3 is 12.1 Å². The average Bonchev–Trinajstić information content (AvgIpc) is 3.09. The van der Waals surface area contributed by atoms with Crippen molar-refractivity contribution in [3.05, 3.63) is 59.5 Å². The molecule has 0 bridgehead atoms. The molecule has 0 radical (unpaired) electrons. The molecule has 0 atom stereocenters. The van der Waals surface area contributed by atoms with Gasteiger partial charge in [0.2, 0.25) is 0 Å². The first-order valence-corrected chi connectivity index (χ1v) is 11.7. The van der Waals surface area contributed by atoms with Crippen LogP contribution in [0.5, 0.6) is 0 Å². The standard InChI is InChI=1S/C22H20F4N2O4S/c1-4-5-18(29)32-28-21(22(24,25)26)19(15-7-6-13(2)17(23)12-15)20(27-28)14-8-10-16(11-9-14)33(3,30)31/h6-12H,4-5H2,1-3H3. The highest BCUT2D eigenvalue weighted by atomic mass is 32.2. The number of aryl methyl sites for hydroxylation is 1. The van der Waals surface area contributed by atoms with E-state index in [1.807, 2.05) is 0 Å². The molecule has 0 aliphatic rings. The molecule has 6 nitrogen and oxygen atoms in total. The van der Waals surface area contributed by atoms with Gasteiger partial charge in [-0.1, -0.05) is 36.0 Å². The lowest BCUT2D eigenvalue weighted by molar-refractivity contribution is -0.162. The maximum Gasteiger partial charge on any atom is 0.437 e. The Morgan fingerprint density at radius 1 is 1.09 bits per heavy atom. The summed E-state index contributed by atoms with van der Waals surface area (Å²) in [4.78, 5) is 16.9. The van der Waals surface area contributed by atoms with Crippen molar-refractivity contribution in [1.82, 2.24) is 9.94 Å². The zero-order valence-corrected chi connectivity index (χ0v) is 18.7. The lowest BCUT2D eigenvalue weighted by Crippen LogP contribution is -2.26. The van der Waals surface area contributed by atoms with Crippen LogP contribution in [-0.2, 0) is 20.8 Å². The maximum absolute atomic E-state index is 14.3. The zero-order chi connectivity index (χ0) is 24.6. The Morgan fingerprint density at radius 3 is 2.21 bits per heavy atom. The van der Waals surface area contributed by atoms with E-state index < -0.39 is 39.1 Å². The summed E-state index contributed by atoms with van der Waals surface area (Å²) in [6, 6.07) is 8.57. The fraction of sp³-hybridized carbons (Fsp3) is 0.273. The monoisotopic (exact) mass is 484 g/mol. The van der Waals surface area contributed by atoms with E-state index in [9.17, 15) is 30.8 Å². The maximum atomic E-state index is 14.3. The van der Waals surface area contributed by atoms with E-state index in [1.54, 1.807) is 6.92 Å². The van der Waals surface area contributed by atoms with Gasteiger partial charge in [-0.2, -0.15) is 13.2 Å². The highest BCUT2D eigenvalue weighted by Gasteiger charge is 2.42. The van der Waals surface area contributed by atoms with Gasteiger partial charge in [-0.15, -0.1) is 5.10 Å². The van der Waals surface area contributed by atoms with Gasteiger partial charge in [-0.25, -0.2) is 17.6 Å². The number of rotatable bonds is 6. The van der Waals surface area contributed by atoms with Crippen LogP contribution in [-0.4, -0.2) is 30.6 Å². The van der Waals surface area contributed by atoms with E-state index in [2.05, 4.69) is 5.10 Å². The normalized spacial score (nSPS) is 12.1. The van der Waals surface area contributed by atoms with Gasteiger partial charge in [0.1, 0.15) is 11.5 Å². The predicted molar refractivity (Wildman–Crippen MR) is 112 cm³/mol. The third kappa shape index (κ3) is 5.24. The van der Waals surface area contributed by atoms with Crippen molar-refractivity contribution in [3.63, 3.8) is 0 Å². The van der Waals surface area contributed by atoms with Crippen LogP contribution in [0.1, 0.15) is 31.0 Å². The van der Waals surface area contributed by atoms with E-state index in [1.165, 1.54) is 43.3 Å². The molecular weight excluding hydrogens is 464 g/mol. The quantitative estimate of drug-likeness (QED) is 0.468. The minimum absolute atomic E-state index is 0.0426. The lowest BCUT2D eigenvalue weighted by atomic mass is 9.97. The summed E-state index contributed by atoms with van der Waals surface area (Å²) >= 11 is 0. The van der Waals surface area contributed by atoms with Crippen LogP contribution in [0.25, 0.3) is 22.4 Å². The van der Waals surface area contributed by atoms with Crippen molar-refractivity contribution in [3.8, 4) is 22.4 Å². The third-order valence-electron chi connectivity index (χ3n) is 4.78. The molecule has 176 valence electrons. The lowest BCUT2D eigenvalue weighted by Gasteiger charge is -2.12. The molecule has 0 N–H and O–H groups in total. The highest BCUT2D eigenvalue weighted by molar-refractivity contribution is 7.90. The Hall–Kier alpha value is -3.21. The molecule has 11 heteroatoms. The molecule has 0 fully saturated rings. The molecule has 0 saturated carbocycles. The number of nitrogens with zero attached hydrogens (tertiary/aromatic N) is 2. The van der Waals surface area contributed by atoms with Crippen LogP contribution in [0.3, 0.4) is 0 Å². The third-order valence-corrected chi connectivity index (χ3v) is 5.91. The van der Waals surface area contributed by atoms with Crippen LogP contribution in [0.15, 0.2) is 47.4 Å². The molecule has 33 heavy (non-hydrogen) atoms. The summed E-state index contributed by atoms with van der Waals surface area (Å²) < 4.78 is 80.2. The van der Waals surface area contributed by atoms with Gasteiger partial charge < -0.3 is 4.84 Å². The fourth-order valence-corrected chi connectivity index (χ4v) is 3.78. The van der Waals surface area contributed by atoms with E-state index in [-0.39, 0.29) is 38.5 Å². The summed E-state index contributed by atoms with van der Waals surface area (Å²) in [6.45, 7) is 3.12. The number of carbonyl (C=O) groups is 1. The number of hydrogen-bond acceptors (Lipinski definition) is 5. The predicted octanol–water partition coefficient (Wildman–Crippen LogP) is 4.84. The first-order chi connectivity index (χ1) is 15.3. The number of alkyl halides is 3. The van der Waals surface area contributed by atoms with E-state index >= 15 is 0 Å². The van der Waals surface area contributed by atoms with E-state index in [0.717, 1.165) is 12.3 Å². The van der Waals surface area contributed by atoms with E-state index in [4.69, 9.17) is 4.84 Å². The smallest absolute Gasteiger partial charge is 0.319 e.